The molecule has 4 nitrogen and oxygen atoms in total. The van der Waals surface area contributed by atoms with Crippen LogP contribution in [0.5, 0.6) is 0 Å². The van der Waals surface area contributed by atoms with Crippen LogP contribution in [0, 0.1) is 0 Å². The third-order valence-electron chi connectivity index (χ3n) is 2.67. The summed E-state index contributed by atoms with van der Waals surface area (Å²) in [5, 5.41) is 0.879. The lowest BCUT2D eigenvalue weighted by molar-refractivity contribution is 0.589. The predicted molar refractivity (Wildman–Crippen MR) is 65.3 cm³/mol. The van der Waals surface area contributed by atoms with Crippen molar-refractivity contribution in [1.29, 1.82) is 0 Å². The SMILES string of the molecule is O=S(=O)(c1ccccc1)n1ccc2cc[nH]c21. The fourth-order valence-corrected chi connectivity index (χ4v) is 3.17. The molecule has 0 saturated carbocycles. The molecule has 0 aliphatic heterocycles. The van der Waals surface area contributed by atoms with Gasteiger partial charge in [-0.15, -0.1) is 0 Å². The van der Waals surface area contributed by atoms with Gasteiger partial charge in [0, 0.05) is 17.8 Å². The maximum absolute atomic E-state index is 12.3. The molecule has 0 aliphatic rings. The molecule has 0 aliphatic carbocycles. The van der Waals surface area contributed by atoms with E-state index in [-0.39, 0.29) is 4.90 Å². The number of aromatic nitrogens is 2. The molecule has 5 heteroatoms. The minimum absolute atomic E-state index is 0.284. The molecule has 17 heavy (non-hydrogen) atoms. The molecule has 0 unspecified atom stereocenters. The summed E-state index contributed by atoms with van der Waals surface area (Å²) in [6.45, 7) is 0. The average Bonchev–Trinajstić information content (AvgIpc) is 2.91. The maximum Gasteiger partial charge on any atom is 0.269 e. The minimum Gasteiger partial charge on any atom is -0.347 e. The highest BCUT2D eigenvalue weighted by molar-refractivity contribution is 7.90. The molecule has 0 bridgehead atoms. The lowest BCUT2D eigenvalue weighted by Gasteiger charge is -2.05. The van der Waals surface area contributed by atoms with E-state index in [4.69, 9.17) is 0 Å². The quantitative estimate of drug-likeness (QED) is 0.753. The third kappa shape index (κ3) is 1.47. The molecule has 2 aromatic heterocycles. The first-order valence-electron chi connectivity index (χ1n) is 5.15. The van der Waals surface area contributed by atoms with E-state index in [0.717, 1.165) is 5.39 Å². The van der Waals surface area contributed by atoms with Gasteiger partial charge in [-0.2, -0.15) is 0 Å². The molecule has 0 saturated heterocycles. The molecule has 1 N–H and O–H groups in total. The van der Waals surface area contributed by atoms with E-state index < -0.39 is 10.0 Å². The van der Waals surface area contributed by atoms with Gasteiger partial charge in [0.1, 0.15) is 5.65 Å². The zero-order valence-corrected chi connectivity index (χ0v) is 9.68. The largest absolute Gasteiger partial charge is 0.347 e. The Kier molecular flexibility index (Phi) is 2.09. The Labute approximate surface area is 98.6 Å². The summed E-state index contributed by atoms with van der Waals surface area (Å²) < 4.78 is 26.0. The van der Waals surface area contributed by atoms with Crippen LogP contribution in [-0.4, -0.2) is 17.4 Å². The molecule has 3 aromatic rings. The third-order valence-corrected chi connectivity index (χ3v) is 4.36. The van der Waals surface area contributed by atoms with Crippen LogP contribution < -0.4 is 0 Å². The van der Waals surface area contributed by atoms with E-state index >= 15 is 0 Å². The van der Waals surface area contributed by atoms with Crippen LogP contribution in [0.15, 0.2) is 59.8 Å². The maximum atomic E-state index is 12.3. The van der Waals surface area contributed by atoms with Gasteiger partial charge < -0.3 is 4.98 Å². The summed E-state index contributed by atoms with van der Waals surface area (Å²) in [6.07, 6.45) is 3.28. The minimum atomic E-state index is -3.51. The van der Waals surface area contributed by atoms with Crippen molar-refractivity contribution >= 4 is 21.1 Å². The van der Waals surface area contributed by atoms with E-state index in [1.54, 1.807) is 48.8 Å². The zero-order valence-electron chi connectivity index (χ0n) is 8.87. The van der Waals surface area contributed by atoms with Crippen molar-refractivity contribution in [3.8, 4) is 0 Å². The standard InChI is InChI=1S/C12H10N2O2S/c15-17(16,11-4-2-1-3-5-11)14-9-7-10-6-8-13-12(10)14/h1-9,13H. The average molecular weight is 246 g/mol. The second-order valence-corrected chi connectivity index (χ2v) is 5.53. The van der Waals surface area contributed by atoms with Crippen LogP contribution in [0.3, 0.4) is 0 Å². The molecule has 1 aromatic carbocycles. The van der Waals surface area contributed by atoms with E-state index in [9.17, 15) is 8.42 Å². The molecule has 0 fully saturated rings. The topological polar surface area (TPSA) is 54.9 Å². The Bertz CT molecular complexity index is 754. The lowest BCUT2D eigenvalue weighted by atomic mass is 10.4. The molecule has 0 atom stereocenters. The normalized spacial score (nSPS) is 12.0. The number of nitrogens with one attached hydrogen (secondary N) is 1. The van der Waals surface area contributed by atoms with E-state index in [1.165, 1.54) is 3.97 Å². The smallest absolute Gasteiger partial charge is 0.269 e. The number of benzene rings is 1. The van der Waals surface area contributed by atoms with E-state index in [1.807, 2.05) is 6.07 Å². The first-order valence-corrected chi connectivity index (χ1v) is 6.59. The number of fused-ring (bicyclic) bond motifs is 1. The van der Waals surface area contributed by atoms with Crippen LogP contribution in [0.2, 0.25) is 0 Å². The number of hydrogen-bond acceptors (Lipinski definition) is 2. The number of rotatable bonds is 2. The van der Waals surface area contributed by atoms with Gasteiger partial charge in [0.2, 0.25) is 0 Å². The number of H-pyrrole nitrogens is 1. The summed E-state index contributed by atoms with van der Waals surface area (Å²) in [6, 6.07) is 12.0. The van der Waals surface area contributed by atoms with Crippen molar-refractivity contribution in [3.63, 3.8) is 0 Å². The Morgan fingerprint density at radius 3 is 2.53 bits per heavy atom. The van der Waals surface area contributed by atoms with Crippen LogP contribution in [-0.2, 0) is 10.0 Å². The highest BCUT2D eigenvalue weighted by Gasteiger charge is 2.18. The van der Waals surface area contributed by atoms with Crippen LogP contribution in [0.1, 0.15) is 0 Å². The summed E-state index contributed by atoms with van der Waals surface area (Å²) in [7, 11) is -3.51. The van der Waals surface area contributed by atoms with Gasteiger partial charge in [-0.3, -0.25) is 0 Å². The highest BCUT2D eigenvalue weighted by atomic mass is 32.2. The molecular formula is C12H10N2O2S. The van der Waals surface area contributed by atoms with Crippen LogP contribution >= 0.6 is 0 Å². The van der Waals surface area contributed by atoms with Crippen molar-refractivity contribution in [2.75, 3.05) is 0 Å². The van der Waals surface area contributed by atoms with Crippen molar-refractivity contribution in [2.24, 2.45) is 0 Å². The Hall–Kier alpha value is -2.01. The van der Waals surface area contributed by atoms with Gasteiger partial charge in [0.15, 0.2) is 0 Å². The van der Waals surface area contributed by atoms with Crippen LogP contribution in [0.25, 0.3) is 11.0 Å². The second-order valence-electron chi connectivity index (χ2n) is 3.71. The van der Waals surface area contributed by atoms with Gasteiger partial charge in [-0.25, -0.2) is 12.4 Å². The van der Waals surface area contributed by atoms with Gasteiger partial charge in [-0.1, -0.05) is 18.2 Å². The Morgan fingerprint density at radius 2 is 1.76 bits per heavy atom. The molecule has 2 heterocycles. The van der Waals surface area contributed by atoms with Crippen LogP contribution in [0.4, 0.5) is 0 Å². The molecule has 86 valence electrons. The summed E-state index contributed by atoms with van der Waals surface area (Å²) in [4.78, 5) is 3.21. The first-order chi connectivity index (χ1) is 8.19. The van der Waals surface area contributed by atoms with E-state index in [2.05, 4.69) is 4.98 Å². The molecular weight excluding hydrogens is 236 g/mol. The zero-order chi connectivity index (χ0) is 11.9. The van der Waals surface area contributed by atoms with Gasteiger partial charge >= 0.3 is 0 Å². The summed E-state index contributed by atoms with van der Waals surface area (Å²) in [5.74, 6) is 0. The van der Waals surface area contributed by atoms with Crippen molar-refractivity contribution in [2.45, 2.75) is 4.90 Å². The molecule has 0 spiro atoms. The molecule has 3 rings (SSSR count). The Balaban J connectivity index is 2.26. The lowest BCUT2D eigenvalue weighted by Crippen LogP contribution is -2.11. The van der Waals surface area contributed by atoms with Gasteiger partial charge in [0.25, 0.3) is 10.0 Å². The van der Waals surface area contributed by atoms with Gasteiger partial charge in [-0.05, 0) is 24.3 Å². The summed E-state index contributed by atoms with van der Waals surface area (Å²) >= 11 is 0. The number of hydrogen-bond donors (Lipinski definition) is 1. The highest BCUT2D eigenvalue weighted by Crippen LogP contribution is 2.20. The van der Waals surface area contributed by atoms with Crippen molar-refractivity contribution in [1.82, 2.24) is 8.96 Å². The van der Waals surface area contributed by atoms with Crippen molar-refractivity contribution < 1.29 is 8.42 Å². The second kappa shape index (κ2) is 3.49. The fraction of sp³-hybridized carbons (Fsp3) is 0. The molecule has 0 amide bonds. The van der Waals surface area contributed by atoms with Gasteiger partial charge in [0.05, 0.1) is 4.90 Å². The van der Waals surface area contributed by atoms with E-state index in [0.29, 0.717) is 5.65 Å². The number of aromatic amines is 1. The predicted octanol–water partition coefficient (Wildman–Crippen LogP) is 2.21. The first kappa shape index (κ1) is 10.2. The Morgan fingerprint density at radius 1 is 1.00 bits per heavy atom. The van der Waals surface area contributed by atoms with Crippen molar-refractivity contribution in [3.05, 3.63) is 54.9 Å². The monoisotopic (exact) mass is 246 g/mol. The fourth-order valence-electron chi connectivity index (χ4n) is 1.83. The number of nitrogens with zero attached hydrogens (tertiary/aromatic N) is 1. The molecule has 0 radical (unpaired) electrons. The summed E-state index contributed by atoms with van der Waals surface area (Å²) in [5.41, 5.74) is 0.592.